The fraction of sp³-hybridized carbons (Fsp3) is 0.409. The lowest BCUT2D eigenvalue weighted by molar-refractivity contribution is -0.666. The van der Waals surface area contributed by atoms with Gasteiger partial charge in [0.2, 0.25) is 0 Å². The molecule has 2 aromatic carbocycles. The quantitative estimate of drug-likeness (QED) is 0.353. The molecule has 0 saturated carbocycles. The molecule has 3 rings (SSSR count). The Balaban J connectivity index is 1.84. The van der Waals surface area contributed by atoms with Gasteiger partial charge in [-0.15, -0.1) is 0 Å². The Bertz CT molecular complexity index is 939. The summed E-state index contributed by atoms with van der Waals surface area (Å²) in [5.74, 6) is 0.663. The molecule has 0 bridgehead atoms. The number of aryl methyl sites for hydroxylation is 1. The summed E-state index contributed by atoms with van der Waals surface area (Å²) in [6.07, 6.45) is 5.33. The first kappa shape index (κ1) is 21.0. The number of imidazole rings is 1. The Morgan fingerprint density at radius 2 is 1.79 bits per heavy atom. The minimum atomic E-state index is -0.731. The molecule has 6 heteroatoms. The van der Waals surface area contributed by atoms with Crippen LogP contribution >= 0.6 is 23.2 Å². The summed E-state index contributed by atoms with van der Waals surface area (Å²) in [5.41, 5.74) is 9.34. The summed E-state index contributed by atoms with van der Waals surface area (Å²) in [7, 11) is 0. The van der Waals surface area contributed by atoms with Crippen LogP contribution in [0.15, 0.2) is 42.5 Å². The van der Waals surface area contributed by atoms with Gasteiger partial charge in [0, 0.05) is 0 Å². The van der Waals surface area contributed by atoms with E-state index in [1.54, 1.807) is 18.2 Å². The van der Waals surface area contributed by atoms with Crippen LogP contribution in [0.3, 0.4) is 0 Å². The van der Waals surface area contributed by atoms with E-state index < -0.39 is 6.10 Å². The molecule has 3 aromatic rings. The number of fused-ring (bicyclic) bond motifs is 1. The second-order valence-electron chi connectivity index (χ2n) is 7.21. The van der Waals surface area contributed by atoms with Gasteiger partial charge in [-0.2, -0.15) is 0 Å². The van der Waals surface area contributed by atoms with Crippen molar-refractivity contribution in [2.24, 2.45) is 0 Å². The zero-order chi connectivity index (χ0) is 20.1. The monoisotopic (exact) mass is 420 g/mol. The zero-order valence-electron chi connectivity index (χ0n) is 16.2. The van der Waals surface area contributed by atoms with Crippen LogP contribution in [-0.4, -0.2) is 9.67 Å². The lowest BCUT2D eigenvalue weighted by Gasteiger charge is -2.11. The molecule has 0 aliphatic rings. The summed E-state index contributed by atoms with van der Waals surface area (Å²) in [6, 6.07) is 13.3. The number of hydrogen-bond acceptors (Lipinski definition) is 2. The molecule has 1 heterocycles. The van der Waals surface area contributed by atoms with Crippen LogP contribution in [0.4, 0.5) is 5.95 Å². The SMILES string of the molecule is CCCCCCCn1c(N)[n+](C[C@@H](O)c2ccc(Cl)c(Cl)c2)c2ccccc21. The Morgan fingerprint density at radius 1 is 1.04 bits per heavy atom. The van der Waals surface area contributed by atoms with E-state index in [0.717, 1.165) is 29.6 Å². The zero-order valence-corrected chi connectivity index (χ0v) is 17.8. The van der Waals surface area contributed by atoms with Crippen LogP contribution in [0, 0.1) is 0 Å². The van der Waals surface area contributed by atoms with E-state index in [2.05, 4.69) is 17.6 Å². The van der Waals surface area contributed by atoms with Crippen molar-refractivity contribution >= 4 is 40.2 Å². The Kier molecular flexibility index (Phi) is 7.22. The molecule has 0 unspecified atom stereocenters. The number of aliphatic hydroxyl groups is 1. The fourth-order valence-electron chi connectivity index (χ4n) is 3.61. The number of nitrogen functional groups attached to an aromatic ring is 1. The Morgan fingerprint density at radius 3 is 2.54 bits per heavy atom. The van der Waals surface area contributed by atoms with Crippen LogP contribution in [0.25, 0.3) is 11.0 Å². The first-order valence-corrected chi connectivity index (χ1v) is 10.7. The lowest BCUT2D eigenvalue weighted by atomic mass is 10.1. The molecule has 0 aliphatic carbocycles. The third-order valence-corrected chi connectivity index (χ3v) is 5.92. The average molecular weight is 421 g/mol. The maximum absolute atomic E-state index is 10.8. The van der Waals surface area contributed by atoms with Gasteiger partial charge in [-0.3, -0.25) is 5.73 Å². The van der Waals surface area contributed by atoms with Crippen molar-refractivity contribution < 1.29 is 9.67 Å². The van der Waals surface area contributed by atoms with Gasteiger partial charge in [0.25, 0.3) is 0 Å². The van der Waals surface area contributed by atoms with Gasteiger partial charge < -0.3 is 5.11 Å². The van der Waals surface area contributed by atoms with Gasteiger partial charge in [-0.25, -0.2) is 9.13 Å². The standard InChI is InChI=1S/C22H27Cl2N3O/c1-2-3-4-5-8-13-26-19-9-6-7-10-20(19)27(22(26)25)15-21(28)16-11-12-17(23)18(24)14-16/h6-7,9-12,14,21,25,28H,2-5,8,13,15H2,1H3/p+1/t21-/m1/s1. The van der Waals surface area contributed by atoms with Gasteiger partial charge in [0.1, 0.15) is 23.7 Å². The molecule has 0 spiro atoms. The highest BCUT2D eigenvalue weighted by atomic mass is 35.5. The van der Waals surface area contributed by atoms with Crippen LogP contribution in [-0.2, 0) is 13.1 Å². The number of para-hydroxylation sites is 2. The fourth-order valence-corrected chi connectivity index (χ4v) is 3.92. The maximum atomic E-state index is 10.8. The van der Waals surface area contributed by atoms with Crippen molar-refractivity contribution in [3.8, 4) is 0 Å². The normalized spacial score (nSPS) is 12.6. The second kappa shape index (κ2) is 9.64. The van der Waals surface area contributed by atoms with Gasteiger partial charge >= 0.3 is 5.95 Å². The van der Waals surface area contributed by atoms with E-state index >= 15 is 0 Å². The number of nitrogens with zero attached hydrogens (tertiary/aromatic N) is 2. The third-order valence-electron chi connectivity index (χ3n) is 5.19. The number of unbranched alkanes of at least 4 members (excludes halogenated alkanes) is 4. The molecule has 150 valence electrons. The first-order chi connectivity index (χ1) is 13.5. The molecule has 4 nitrogen and oxygen atoms in total. The highest BCUT2D eigenvalue weighted by Crippen LogP contribution is 2.26. The van der Waals surface area contributed by atoms with Gasteiger partial charge in [0.05, 0.1) is 16.6 Å². The van der Waals surface area contributed by atoms with Gasteiger partial charge in [-0.1, -0.05) is 74.0 Å². The number of aliphatic hydroxyl groups excluding tert-OH is 1. The number of benzene rings is 2. The van der Waals surface area contributed by atoms with E-state index in [9.17, 15) is 5.11 Å². The summed E-state index contributed by atoms with van der Waals surface area (Å²) in [5, 5.41) is 11.7. The van der Waals surface area contributed by atoms with E-state index in [0.29, 0.717) is 22.5 Å². The summed E-state index contributed by atoms with van der Waals surface area (Å²) < 4.78 is 4.14. The lowest BCUT2D eigenvalue weighted by Crippen LogP contribution is -2.39. The molecule has 1 atom stereocenters. The van der Waals surface area contributed by atoms with E-state index in [1.165, 1.54) is 25.7 Å². The smallest absolute Gasteiger partial charge is 0.356 e. The predicted octanol–water partition coefficient (Wildman–Crippen LogP) is 5.52. The summed E-state index contributed by atoms with van der Waals surface area (Å²) in [4.78, 5) is 0. The minimum absolute atomic E-state index is 0.354. The molecule has 28 heavy (non-hydrogen) atoms. The topological polar surface area (TPSA) is 55.1 Å². The third kappa shape index (κ3) is 4.62. The predicted molar refractivity (Wildman–Crippen MR) is 117 cm³/mol. The summed E-state index contributed by atoms with van der Waals surface area (Å²) >= 11 is 12.1. The molecule has 0 fully saturated rings. The van der Waals surface area contributed by atoms with E-state index in [-0.39, 0.29) is 0 Å². The highest BCUT2D eigenvalue weighted by Gasteiger charge is 2.23. The molecular formula is C22H28Cl2N3O+. The van der Waals surface area contributed by atoms with Crippen LogP contribution in [0.2, 0.25) is 10.0 Å². The number of rotatable bonds is 9. The second-order valence-corrected chi connectivity index (χ2v) is 8.03. The van der Waals surface area contributed by atoms with Crippen molar-refractivity contribution in [1.29, 1.82) is 0 Å². The molecular weight excluding hydrogens is 393 g/mol. The van der Waals surface area contributed by atoms with Crippen molar-refractivity contribution in [3.05, 3.63) is 58.1 Å². The Labute approximate surface area is 176 Å². The van der Waals surface area contributed by atoms with Crippen molar-refractivity contribution in [2.75, 3.05) is 5.73 Å². The number of halogens is 2. The van der Waals surface area contributed by atoms with Crippen molar-refractivity contribution in [2.45, 2.75) is 58.2 Å². The largest absolute Gasteiger partial charge is 0.385 e. The van der Waals surface area contributed by atoms with Crippen molar-refractivity contribution in [1.82, 2.24) is 4.57 Å². The number of aromatic nitrogens is 2. The summed E-state index contributed by atoms with van der Waals surface area (Å²) in [6.45, 7) is 3.46. The number of hydrogen-bond donors (Lipinski definition) is 2. The van der Waals surface area contributed by atoms with Gasteiger partial charge in [-0.05, 0) is 36.2 Å². The van der Waals surface area contributed by atoms with E-state index in [1.807, 2.05) is 22.8 Å². The van der Waals surface area contributed by atoms with Crippen LogP contribution in [0.1, 0.15) is 50.7 Å². The van der Waals surface area contributed by atoms with Crippen molar-refractivity contribution in [3.63, 3.8) is 0 Å². The minimum Gasteiger partial charge on any atom is -0.385 e. The average Bonchev–Trinajstić information content (AvgIpc) is 2.95. The van der Waals surface area contributed by atoms with Crippen LogP contribution in [0.5, 0.6) is 0 Å². The number of nitrogens with two attached hydrogens (primary N) is 1. The molecule has 0 radical (unpaired) electrons. The highest BCUT2D eigenvalue weighted by molar-refractivity contribution is 6.42. The number of anilines is 1. The molecule has 1 aromatic heterocycles. The van der Waals surface area contributed by atoms with E-state index in [4.69, 9.17) is 28.9 Å². The van der Waals surface area contributed by atoms with Crippen LogP contribution < -0.4 is 10.3 Å². The molecule has 0 amide bonds. The molecule has 3 N–H and O–H groups in total. The molecule has 0 aliphatic heterocycles. The maximum Gasteiger partial charge on any atom is 0.356 e. The Hall–Kier alpha value is -1.75. The molecule has 0 saturated heterocycles. The van der Waals surface area contributed by atoms with Gasteiger partial charge in [0.15, 0.2) is 0 Å². The first-order valence-electron chi connectivity index (χ1n) is 9.92.